The Hall–Kier alpha value is -2.02. The molecular formula is C14H21N5O2. The minimum atomic E-state index is -0.616. The minimum Gasteiger partial charge on any atom is -0.368 e. The number of hydrogen-bond donors (Lipinski definition) is 1. The number of carbonyl (C=O) groups is 2. The highest BCUT2D eigenvalue weighted by atomic mass is 16.2. The Morgan fingerprint density at radius 1 is 1.29 bits per heavy atom. The molecule has 0 aromatic carbocycles. The van der Waals surface area contributed by atoms with Gasteiger partial charge in [-0.3, -0.25) is 14.5 Å². The van der Waals surface area contributed by atoms with Crippen molar-refractivity contribution in [3.8, 4) is 0 Å². The van der Waals surface area contributed by atoms with Crippen LogP contribution >= 0.6 is 0 Å². The third-order valence-corrected chi connectivity index (χ3v) is 3.76. The first kappa shape index (κ1) is 15.4. The van der Waals surface area contributed by atoms with E-state index in [9.17, 15) is 9.59 Å². The summed E-state index contributed by atoms with van der Waals surface area (Å²) in [7, 11) is 0. The van der Waals surface area contributed by atoms with Crippen LogP contribution in [-0.4, -0.2) is 63.3 Å². The first-order valence-electron chi connectivity index (χ1n) is 7.03. The summed E-state index contributed by atoms with van der Waals surface area (Å²) in [5.74, 6) is -0.133. The highest BCUT2D eigenvalue weighted by Gasteiger charge is 2.35. The molecule has 1 fully saturated rings. The summed E-state index contributed by atoms with van der Waals surface area (Å²) < 4.78 is 0. The van der Waals surface area contributed by atoms with E-state index >= 15 is 0 Å². The number of hydrogen-bond acceptors (Lipinski definition) is 5. The second kappa shape index (κ2) is 6.17. The maximum Gasteiger partial charge on any atom is 0.257 e. The lowest BCUT2D eigenvalue weighted by Gasteiger charge is -2.41. The second-order valence-electron chi connectivity index (χ2n) is 5.52. The normalized spacial score (nSPS) is 19.8. The molecular weight excluding hydrogens is 270 g/mol. The molecule has 114 valence electrons. The molecule has 1 atom stereocenters. The summed E-state index contributed by atoms with van der Waals surface area (Å²) in [4.78, 5) is 35.9. The van der Waals surface area contributed by atoms with E-state index in [0.717, 1.165) is 6.54 Å². The molecule has 1 aliphatic rings. The van der Waals surface area contributed by atoms with Crippen LogP contribution in [0.25, 0.3) is 0 Å². The van der Waals surface area contributed by atoms with Crippen molar-refractivity contribution in [3.05, 3.63) is 23.8 Å². The minimum absolute atomic E-state index is 0.248. The Morgan fingerprint density at radius 3 is 2.43 bits per heavy atom. The standard InChI is InChI=1S/C14H21N5O2/c1-9(2)18-4-5-19(12(8-18)13(15)20)14(21)11-6-16-10(3)17-7-11/h6-7,9,12H,4-5,8H2,1-3H3,(H2,15,20). The van der Waals surface area contributed by atoms with Crippen molar-refractivity contribution in [1.29, 1.82) is 0 Å². The van der Waals surface area contributed by atoms with Gasteiger partial charge in [-0.1, -0.05) is 0 Å². The largest absolute Gasteiger partial charge is 0.368 e. The van der Waals surface area contributed by atoms with Gasteiger partial charge < -0.3 is 10.6 Å². The highest BCUT2D eigenvalue weighted by Crippen LogP contribution is 2.15. The topological polar surface area (TPSA) is 92.4 Å². The smallest absolute Gasteiger partial charge is 0.257 e. The molecule has 21 heavy (non-hydrogen) atoms. The van der Waals surface area contributed by atoms with Gasteiger partial charge >= 0.3 is 0 Å². The molecule has 1 aromatic heterocycles. The van der Waals surface area contributed by atoms with E-state index in [-0.39, 0.29) is 5.91 Å². The summed E-state index contributed by atoms with van der Waals surface area (Å²) in [6.45, 7) is 7.53. The van der Waals surface area contributed by atoms with E-state index in [0.29, 0.717) is 30.5 Å². The number of carbonyl (C=O) groups excluding carboxylic acids is 2. The molecule has 2 N–H and O–H groups in total. The molecule has 2 heterocycles. The summed E-state index contributed by atoms with van der Waals surface area (Å²) in [6, 6.07) is -0.304. The van der Waals surface area contributed by atoms with Crippen molar-refractivity contribution in [3.63, 3.8) is 0 Å². The fourth-order valence-corrected chi connectivity index (χ4v) is 2.43. The molecule has 1 aromatic rings. The van der Waals surface area contributed by atoms with Crippen molar-refractivity contribution in [2.45, 2.75) is 32.9 Å². The molecule has 1 saturated heterocycles. The Kier molecular flexibility index (Phi) is 4.52. The predicted octanol–water partition coefficient (Wildman–Crippen LogP) is -0.195. The van der Waals surface area contributed by atoms with Gasteiger partial charge in [-0.05, 0) is 20.8 Å². The van der Waals surface area contributed by atoms with Crippen molar-refractivity contribution in [1.82, 2.24) is 19.8 Å². The number of nitrogens with zero attached hydrogens (tertiary/aromatic N) is 4. The van der Waals surface area contributed by atoms with Crippen molar-refractivity contribution in [2.24, 2.45) is 5.73 Å². The van der Waals surface area contributed by atoms with Crippen molar-refractivity contribution < 1.29 is 9.59 Å². The number of amides is 2. The molecule has 0 saturated carbocycles. The molecule has 2 amide bonds. The Balaban J connectivity index is 2.19. The fourth-order valence-electron chi connectivity index (χ4n) is 2.43. The molecule has 0 aliphatic carbocycles. The van der Waals surface area contributed by atoms with Crippen molar-refractivity contribution >= 4 is 11.8 Å². The number of nitrogens with two attached hydrogens (primary N) is 1. The van der Waals surface area contributed by atoms with Crippen LogP contribution in [0.1, 0.15) is 30.0 Å². The molecule has 7 nitrogen and oxygen atoms in total. The van der Waals surface area contributed by atoms with E-state index in [1.54, 1.807) is 6.92 Å². The summed E-state index contributed by atoms with van der Waals surface area (Å²) in [5, 5.41) is 0. The summed E-state index contributed by atoms with van der Waals surface area (Å²) in [6.07, 6.45) is 2.97. The Morgan fingerprint density at radius 2 is 1.90 bits per heavy atom. The molecule has 7 heteroatoms. The van der Waals surface area contributed by atoms with Gasteiger partial charge in [0.1, 0.15) is 11.9 Å². The molecule has 0 bridgehead atoms. The van der Waals surface area contributed by atoms with E-state index in [1.807, 2.05) is 0 Å². The van der Waals surface area contributed by atoms with Crippen LogP contribution in [-0.2, 0) is 4.79 Å². The van der Waals surface area contributed by atoms with Crippen LogP contribution in [0.3, 0.4) is 0 Å². The molecule has 0 spiro atoms. The van der Waals surface area contributed by atoms with E-state index in [1.165, 1.54) is 17.3 Å². The van der Waals surface area contributed by atoms with Gasteiger partial charge in [0.2, 0.25) is 5.91 Å². The lowest BCUT2D eigenvalue weighted by atomic mass is 10.1. The van der Waals surface area contributed by atoms with Crippen LogP contribution in [0, 0.1) is 6.92 Å². The number of aryl methyl sites for hydroxylation is 1. The highest BCUT2D eigenvalue weighted by molar-refractivity contribution is 5.97. The summed E-state index contributed by atoms with van der Waals surface area (Å²) >= 11 is 0. The van der Waals surface area contributed by atoms with Crippen LogP contribution < -0.4 is 5.73 Å². The lowest BCUT2D eigenvalue weighted by molar-refractivity contribution is -0.124. The van der Waals surface area contributed by atoms with Crippen LogP contribution in [0.2, 0.25) is 0 Å². The van der Waals surface area contributed by atoms with Crippen LogP contribution in [0.4, 0.5) is 0 Å². The van der Waals surface area contributed by atoms with E-state index < -0.39 is 11.9 Å². The average molecular weight is 291 g/mol. The third-order valence-electron chi connectivity index (χ3n) is 3.76. The van der Waals surface area contributed by atoms with Gasteiger partial charge in [-0.25, -0.2) is 9.97 Å². The zero-order chi connectivity index (χ0) is 15.6. The maximum absolute atomic E-state index is 12.5. The van der Waals surface area contributed by atoms with Gasteiger partial charge in [0.25, 0.3) is 5.91 Å². The lowest BCUT2D eigenvalue weighted by Crippen LogP contribution is -2.61. The molecule has 0 radical (unpaired) electrons. The zero-order valence-corrected chi connectivity index (χ0v) is 12.6. The third kappa shape index (κ3) is 3.36. The quantitative estimate of drug-likeness (QED) is 0.833. The van der Waals surface area contributed by atoms with Crippen LogP contribution in [0.5, 0.6) is 0 Å². The van der Waals surface area contributed by atoms with E-state index in [4.69, 9.17) is 5.73 Å². The Bertz CT molecular complexity index is 529. The first-order valence-corrected chi connectivity index (χ1v) is 7.03. The average Bonchev–Trinajstić information content (AvgIpc) is 2.46. The zero-order valence-electron chi connectivity index (χ0n) is 12.6. The number of aromatic nitrogens is 2. The van der Waals surface area contributed by atoms with Gasteiger partial charge in [-0.15, -0.1) is 0 Å². The fraction of sp³-hybridized carbons (Fsp3) is 0.571. The number of rotatable bonds is 3. The predicted molar refractivity (Wildman–Crippen MR) is 77.5 cm³/mol. The van der Waals surface area contributed by atoms with Crippen molar-refractivity contribution in [2.75, 3.05) is 19.6 Å². The molecule has 2 rings (SSSR count). The van der Waals surface area contributed by atoms with Gasteiger partial charge in [0.05, 0.1) is 5.56 Å². The van der Waals surface area contributed by atoms with Crippen LogP contribution in [0.15, 0.2) is 12.4 Å². The monoisotopic (exact) mass is 291 g/mol. The SMILES string of the molecule is Cc1ncc(C(=O)N2CCN(C(C)C)CC2C(N)=O)cn1. The molecule has 1 aliphatic heterocycles. The van der Waals surface area contributed by atoms with E-state index in [2.05, 4.69) is 28.7 Å². The number of piperazine rings is 1. The second-order valence-corrected chi connectivity index (χ2v) is 5.52. The summed E-state index contributed by atoms with van der Waals surface area (Å²) in [5.41, 5.74) is 5.85. The number of primary amides is 1. The first-order chi connectivity index (χ1) is 9.90. The van der Waals surface area contributed by atoms with Gasteiger partial charge in [-0.2, -0.15) is 0 Å². The van der Waals surface area contributed by atoms with Gasteiger partial charge in [0, 0.05) is 38.1 Å². The maximum atomic E-state index is 12.5. The molecule has 1 unspecified atom stereocenters. The Labute approximate surface area is 124 Å². The van der Waals surface area contributed by atoms with Gasteiger partial charge in [0.15, 0.2) is 0 Å².